The molecule has 4 heterocycles. The lowest BCUT2D eigenvalue weighted by molar-refractivity contribution is -0.577. The van der Waals surface area contributed by atoms with E-state index in [1.807, 2.05) is 6.92 Å². The molecule has 0 amide bonds. The third kappa shape index (κ3) is 2.88. The van der Waals surface area contributed by atoms with Gasteiger partial charge in [0.2, 0.25) is 5.79 Å². The van der Waals surface area contributed by atoms with Gasteiger partial charge in [-0.05, 0) is 38.0 Å². The van der Waals surface area contributed by atoms with E-state index >= 15 is 0 Å². The fraction of sp³-hybridized carbons (Fsp3) is 0.947. The van der Waals surface area contributed by atoms with Crippen molar-refractivity contribution < 1.29 is 33.5 Å². The highest BCUT2D eigenvalue weighted by atomic mass is 17.3. The van der Waals surface area contributed by atoms with Crippen LogP contribution in [0.2, 0.25) is 0 Å². The first kappa shape index (κ1) is 18.6. The molecular weight excluding hydrogens is 340 g/mol. The van der Waals surface area contributed by atoms with Crippen LogP contribution in [0.5, 0.6) is 0 Å². The lowest BCUT2D eigenvalue weighted by atomic mass is 9.58. The molecule has 8 atom stereocenters. The molecule has 0 unspecified atom stereocenters. The molecule has 1 aliphatic carbocycles. The van der Waals surface area contributed by atoms with Crippen molar-refractivity contribution in [1.82, 2.24) is 0 Å². The second kappa shape index (κ2) is 6.71. The molecule has 2 bridgehead atoms. The van der Waals surface area contributed by atoms with Gasteiger partial charge in [0.05, 0.1) is 6.61 Å². The molecular formula is C19H30O7. The van der Waals surface area contributed by atoms with Crippen molar-refractivity contribution in [1.29, 1.82) is 0 Å². The highest BCUT2D eigenvalue weighted by molar-refractivity contribution is 5.65. The zero-order valence-corrected chi connectivity index (χ0v) is 16.1. The van der Waals surface area contributed by atoms with E-state index in [-0.39, 0.29) is 24.4 Å². The summed E-state index contributed by atoms with van der Waals surface area (Å²) in [4.78, 5) is 22.8. The Hall–Kier alpha value is -0.730. The SMILES string of the molecule is CC(=O)OCCO[C@@H]1O[C@@H]2O[C@@]3(C)CC[C@H]4[C@H](C)CC[C@@H]([C@H]1C)[C@@]24OO3. The smallest absolute Gasteiger partial charge is 0.302 e. The Kier molecular flexibility index (Phi) is 4.80. The van der Waals surface area contributed by atoms with Crippen LogP contribution in [0, 0.1) is 23.7 Å². The molecule has 5 aliphatic rings. The minimum atomic E-state index is -0.777. The zero-order valence-electron chi connectivity index (χ0n) is 16.1. The molecule has 4 saturated heterocycles. The van der Waals surface area contributed by atoms with E-state index in [0.29, 0.717) is 18.4 Å². The molecule has 0 aromatic heterocycles. The molecule has 1 saturated carbocycles. The van der Waals surface area contributed by atoms with Crippen LogP contribution in [0.25, 0.3) is 0 Å². The Morgan fingerprint density at radius 2 is 1.92 bits per heavy atom. The van der Waals surface area contributed by atoms with Crippen molar-refractivity contribution in [3.63, 3.8) is 0 Å². The minimum absolute atomic E-state index is 0.133. The molecule has 1 spiro atoms. The summed E-state index contributed by atoms with van der Waals surface area (Å²) in [5.74, 6) is 0.174. The van der Waals surface area contributed by atoms with E-state index in [1.54, 1.807) is 0 Å². The molecule has 0 aromatic rings. The number of carbonyl (C=O) groups excluding carboxylic acids is 1. The van der Waals surface area contributed by atoms with Crippen molar-refractivity contribution in [2.24, 2.45) is 23.7 Å². The normalized spacial score (nSPS) is 50.0. The summed E-state index contributed by atoms with van der Waals surface area (Å²) in [5.41, 5.74) is -0.567. The molecule has 0 radical (unpaired) electrons. The van der Waals surface area contributed by atoms with Crippen LogP contribution in [-0.4, -0.2) is 43.2 Å². The maximum atomic E-state index is 10.9. The Balaban J connectivity index is 1.55. The third-order valence-electron chi connectivity index (χ3n) is 6.77. The summed E-state index contributed by atoms with van der Waals surface area (Å²) >= 11 is 0. The molecule has 26 heavy (non-hydrogen) atoms. The van der Waals surface area contributed by atoms with Crippen LogP contribution in [0.15, 0.2) is 0 Å². The fourth-order valence-corrected chi connectivity index (χ4v) is 5.41. The number of hydrogen-bond donors (Lipinski definition) is 0. The first-order chi connectivity index (χ1) is 12.4. The number of fused-ring (bicyclic) bond motifs is 2. The molecule has 5 rings (SSSR count). The highest BCUT2D eigenvalue weighted by Crippen LogP contribution is 2.60. The second-order valence-corrected chi connectivity index (χ2v) is 8.48. The Morgan fingerprint density at radius 3 is 2.69 bits per heavy atom. The van der Waals surface area contributed by atoms with Crippen LogP contribution in [0.3, 0.4) is 0 Å². The molecule has 5 fully saturated rings. The molecule has 4 aliphatic heterocycles. The fourth-order valence-electron chi connectivity index (χ4n) is 5.41. The molecule has 0 aromatic carbocycles. The summed E-state index contributed by atoms with van der Waals surface area (Å²) in [6.07, 6.45) is 3.09. The van der Waals surface area contributed by atoms with E-state index in [1.165, 1.54) is 6.92 Å². The van der Waals surface area contributed by atoms with Crippen LogP contribution in [-0.2, 0) is 33.5 Å². The number of ether oxygens (including phenoxy) is 4. The van der Waals surface area contributed by atoms with Gasteiger partial charge in [0, 0.05) is 25.2 Å². The van der Waals surface area contributed by atoms with Gasteiger partial charge in [0.1, 0.15) is 6.61 Å². The Labute approximate surface area is 154 Å². The van der Waals surface area contributed by atoms with E-state index in [2.05, 4.69) is 13.8 Å². The summed E-state index contributed by atoms with van der Waals surface area (Å²) < 4.78 is 23.4. The monoisotopic (exact) mass is 370 g/mol. The lowest BCUT2D eigenvalue weighted by Gasteiger charge is -2.60. The highest BCUT2D eigenvalue weighted by Gasteiger charge is 2.69. The van der Waals surface area contributed by atoms with Crippen LogP contribution in [0.4, 0.5) is 0 Å². The number of rotatable bonds is 4. The molecule has 7 nitrogen and oxygen atoms in total. The van der Waals surface area contributed by atoms with Gasteiger partial charge in [-0.25, -0.2) is 9.78 Å². The van der Waals surface area contributed by atoms with Crippen molar-refractivity contribution in [3.05, 3.63) is 0 Å². The predicted molar refractivity (Wildman–Crippen MR) is 89.4 cm³/mol. The Bertz CT molecular complexity index is 554. The van der Waals surface area contributed by atoms with E-state index in [4.69, 9.17) is 28.7 Å². The maximum absolute atomic E-state index is 10.9. The van der Waals surface area contributed by atoms with Crippen molar-refractivity contribution in [3.8, 4) is 0 Å². The van der Waals surface area contributed by atoms with E-state index in [0.717, 1.165) is 25.7 Å². The molecule has 0 N–H and O–H groups in total. The average molecular weight is 370 g/mol. The topological polar surface area (TPSA) is 72.5 Å². The predicted octanol–water partition coefficient (Wildman–Crippen LogP) is 2.77. The van der Waals surface area contributed by atoms with E-state index in [9.17, 15) is 4.79 Å². The largest absolute Gasteiger partial charge is 0.463 e. The minimum Gasteiger partial charge on any atom is -0.463 e. The number of carbonyl (C=O) groups is 1. The third-order valence-corrected chi connectivity index (χ3v) is 6.77. The number of esters is 1. The van der Waals surface area contributed by atoms with Gasteiger partial charge in [-0.15, -0.1) is 0 Å². The first-order valence-corrected chi connectivity index (χ1v) is 9.81. The van der Waals surface area contributed by atoms with Crippen molar-refractivity contribution in [2.75, 3.05) is 13.2 Å². The Morgan fingerprint density at radius 1 is 1.12 bits per heavy atom. The van der Waals surface area contributed by atoms with Crippen LogP contribution in [0.1, 0.15) is 53.4 Å². The van der Waals surface area contributed by atoms with Crippen LogP contribution < -0.4 is 0 Å². The second-order valence-electron chi connectivity index (χ2n) is 8.48. The van der Waals surface area contributed by atoms with Gasteiger partial charge in [-0.1, -0.05) is 13.8 Å². The first-order valence-electron chi connectivity index (χ1n) is 9.81. The zero-order chi connectivity index (χ0) is 18.5. The lowest BCUT2D eigenvalue weighted by Crippen LogP contribution is -2.70. The summed E-state index contributed by atoms with van der Waals surface area (Å²) in [7, 11) is 0. The summed E-state index contributed by atoms with van der Waals surface area (Å²) in [5, 5.41) is 0. The summed E-state index contributed by atoms with van der Waals surface area (Å²) in [6, 6.07) is 0. The van der Waals surface area contributed by atoms with Crippen molar-refractivity contribution in [2.45, 2.75) is 77.3 Å². The number of hydrogen-bond acceptors (Lipinski definition) is 7. The van der Waals surface area contributed by atoms with Gasteiger partial charge in [-0.2, -0.15) is 0 Å². The van der Waals surface area contributed by atoms with Gasteiger partial charge < -0.3 is 18.9 Å². The van der Waals surface area contributed by atoms with Crippen molar-refractivity contribution >= 4 is 5.97 Å². The average Bonchev–Trinajstić information content (AvgIpc) is 2.82. The van der Waals surface area contributed by atoms with E-state index < -0.39 is 24.0 Å². The van der Waals surface area contributed by atoms with Gasteiger partial charge >= 0.3 is 5.97 Å². The summed E-state index contributed by atoms with van der Waals surface area (Å²) in [6.45, 7) is 8.26. The molecule has 7 heteroatoms. The quantitative estimate of drug-likeness (QED) is 0.428. The van der Waals surface area contributed by atoms with Gasteiger partial charge in [0.25, 0.3) is 0 Å². The maximum Gasteiger partial charge on any atom is 0.302 e. The van der Waals surface area contributed by atoms with Gasteiger partial charge in [-0.3, -0.25) is 4.79 Å². The molecule has 148 valence electrons. The van der Waals surface area contributed by atoms with Gasteiger partial charge in [0.15, 0.2) is 18.2 Å². The standard InChI is InChI=1S/C19H30O7/c1-11-5-6-15-12(2)16(22-10-9-21-13(3)20)23-17-19(15)14(11)7-8-18(4,24-17)25-26-19/h11-12,14-17H,5-10H2,1-4H3/t11-,12-,14+,15+,16-,17-,18-,19-/m1/s1. The van der Waals surface area contributed by atoms with Crippen LogP contribution >= 0.6 is 0 Å².